The van der Waals surface area contributed by atoms with E-state index in [1.165, 1.54) is 21.5 Å². The van der Waals surface area contributed by atoms with Gasteiger partial charge in [-0.1, -0.05) is 110 Å². The molecule has 9 aromatic rings. The third kappa shape index (κ3) is 3.79. The lowest BCUT2D eigenvalue weighted by molar-refractivity contribution is 0.669. The van der Waals surface area contributed by atoms with E-state index < -0.39 is 8.07 Å². The predicted molar refractivity (Wildman–Crippen MR) is 193 cm³/mol. The van der Waals surface area contributed by atoms with Crippen molar-refractivity contribution in [1.82, 2.24) is 15.0 Å². The first-order chi connectivity index (χ1) is 23.0. The molecule has 1 aliphatic heterocycles. The summed E-state index contributed by atoms with van der Waals surface area (Å²) in [5, 5.41) is 7.01. The van der Waals surface area contributed by atoms with E-state index in [-0.39, 0.29) is 0 Å². The maximum Gasteiger partial charge on any atom is 0.164 e. The van der Waals surface area contributed by atoms with Crippen molar-refractivity contribution in [3.63, 3.8) is 0 Å². The summed E-state index contributed by atoms with van der Waals surface area (Å²) in [5.41, 5.74) is 8.66. The van der Waals surface area contributed by atoms with Crippen LogP contribution in [-0.4, -0.2) is 23.0 Å². The Morgan fingerprint density at radius 3 is 1.94 bits per heavy atom. The number of hydrogen-bond donors (Lipinski definition) is 0. The van der Waals surface area contributed by atoms with Gasteiger partial charge in [0.15, 0.2) is 17.5 Å². The van der Waals surface area contributed by atoms with Crippen molar-refractivity contribution in [3.8, 4) is 45.3 Å². The van der Waals surface area contributed by atoms with E-state index in [0.717, 1.165) is 60.6 Å². The van der Waals surface area contributed by atoms with E-state index in [0.29, 0.717) is 17.5 Å². The molecule has 0 bridgehead atoms. The summed E-state index contributed by atoms with van der Waals surface area (Å²) in [5.74, 6) is 1.84. The minimum atomic E-state index is -2.06. The molecule has 1 aliphatic rings. The molecule has 0 aliphatic carbocycles. The van der Waals surface area contributed by atoms with Crippen LogP contribution in [0, 0.1) is 0 Å². The van der Waals surface area contributed by atoms with Crippen LogP contribution >= 0.6 is 0 Å². The second kappa shape index (κ2) is 9.58. The molecule has 3 aromatic heterocycles. The molecule has 6 aromatic carbocycles. The van der Waals surface area contributed by atoms with Crippen molar-refractivity contribution in [2.75, 3.05) is 0 Å². The van der Waals surface area contributed by atoms with Crippen LogP contribution in [0.3, 0.4) is 0 Å². The molecule has 0 saturated carbocycles. The highest BCUT2D eigenvalue weighted by Crippen LogP contribution is 2.43. The van der Waals surface area contributed by atoms with Gasteiger partial charge in [0, 0.05) is 43.8 Å². The highest BCUT2D eigenvalue weighted by Gasteiger charge is 2.40. The molecule has 5 nitrogen and oxygen atoms in total. The molecule has 0 fully saturated rings. The highest BCUT2D eigenvalue weighted by molar-refractivity contribution is 7.04. The number of benzene rings is 6. The van der Waals surface area contributed by atoms with Gasteiger partial charge in [-0.25, -0.2) is 15.0 Å². The van der Waals surface area contributed by atoms with Crippen LogP contribution in [0.1, 0.15) is 0 Å². The minimum absolute atomic E-state index is 0.595. The summed E-state index contributed by atoms with van der Waals surface area (Å²) in [6.45, 7) is 4.85. The van der Waals surface area contributed by atoms with Crippen LogP contribution in [0.5, 0.6) is 0 Å². The molecule has 0 saturated heterocycles. The van der Waals surface area contributed by atoms with E-state index in [1.807, 2.05) is 66.7 Å². The molecular formula is C41H27N3O2Si. The first-order valence-corrected chi connectivity index (χ1v) is 18.9. The zero-order chi connectivity index (χ0) is 31.3. The molecule has 4 heterocycles. The van der Waals surface area contributed by atoms with Crippen molar-refractivity contribution in [3.05, 3.63) is 127 Å². The summed E-state index contributed by atoms with van der Waals surface area (Å²) < 4.78 is 13.0. The van der Waals surface area contributed by atoms with Crippen LogP contribution in [0.4, 0.5) is 0 Å². The SMILES string of the molecule is C[Si]1(C)c2ccccc2-c2c1cc(-c1nc(-c3ccccc3)nc(-c3ccc4c(c3)oc3ccccc34)n1)c1c2oc2ccccc21. The number of hydrogen-bond acceptors (Lipinski definition) is 5. The van der Waals surface area contributed by atoms with E-state index >= 15 is 0 Å². The number of aromatic nitrogens is 3. The van der Waals surface area contributed by atoms with E-state index in [2.05, 4.69) is 73.8 Å². The van der Waals surface area contributed by atoms with Crippen LogP contribution in [0.15, 0.2) is 136 Å². The summed E-state index contributed by atoms with van der Waals surface area (Å²) in [6.07, 6.45) is 0. The van der Waals surface area contributed by atoms with E-state index in [4.69, 9.17) is 23.8 Å². The van der Waals surface area contributed by atoms with Gasteiger partial charge in [0.1, 0.15) is 30.4 Å². The number of furan rings is 2. The molecule has 0 unspecified atom stereocenters. The first kappa shape index (κ1) is 26.4. The predicted octanol–water partition coefficient (Wildman–Crippen LogP) is 9.47. The number of fused-ring (bicyclic) bond motifs is 10. The second-order valence-corrected chi connectivity index (χ2v) is 17.1. The maximum absolute atomic E-state index is 6.75. The standard InChI is InChI=1S/C41H27N3O2Si/c1-47(2)34-19-11-8-16-29(34)37-35(47)23-30(36-28-15-7-10-18-32(28)46-38(36)37)41-43-39(24-12-4-3-5-13-24)42-40(44-41)25-20-21-27-26-14-6-9-17-31(26)45-33(27)22-25/h3-23H,1-2H3. The van der Waals surface area contributed by atoms with Gasteiger partial charge in [-0.15, -0.1) is 0 Å². The Labute approximate surface area is 271 Å². The number of para-hydroxylation sites is 2. The molecule has 0 N–H and O–H groups in total. The fourth-order valence-corrected chi connectivity index (χ4v) is 10.5. The van der Waals surface area contributed by atoms with Crippen molar-refractivity contribution in [1.29, 1.82) is 0 Å². The van der Waals surface area contributed by atoms with E-state index in [9.17, 15) is 0 Å². The topological polar surface area (TPSA) is 65.0 Å². The average Bonchev–Trinajstić information content (AvgIpc) is 3.76. The van der Waals surface area contributed by atoms with Gasteiger partial charge >= 0.3 is 0 Å². The monoisotopic (exact) mass is 621 g/mol. The normalized spacial score (nSPS) is 13.5. The van der Waals surface area contributed by atoms with Crippen LogP contribution in [-0.2, 0) is 0 Å². The van der Waals surface area contributed by atoms with Gasteiger partial charge in [-0.05, 0) is 46.3 Å². The summed E-state index contributed by atoms with van der Waals surface area (Å²) in [4.78, 5) is 15.5. The fraction of sp³-hybridized carbons (Fsp3) is 0.0488. The smallest absolute Gasteiger partial charge is 0.164 e. The molecule has 0 amide bonds. The Morgan fingerprint density at radius 2 is 1.11 bits per heavy atom. The Morgan fingerprint density at radius 1 is 0.468 bits per heavy atom. The molecule has 222 valence electrons. The number of rotatable bonds is 3. The van der Waals surface area contributed by atoms with Gasteiger partial charge in [0.05, 0.1) is 0 Å². The van der Waals surface area contributed by atoms with Gasteiger partial charge in [-0.2, -0.15) is 0 Å². The van der Waals surface area contributed by atoms with Gasteiger partial charge in [-0.3, -0.25) is 0 Å². The van der Waals surface area contributed by atoms with Crippen LogP contribution in [0.25, 0.3) is 89.2 Å². The molecule has 0 radical (unpaired) electrons. The van der Waals surface area contributed by atoms with Crippen molar-refractivity contribution in [2.45, 2.75) is 13.1 Å². The van der Waals surface area contributed by atoms with Crippen molar-refractivity contribution in [2.24, 2.45) is 0 Å². The number of nitrogens with zero attached hydrogens (tertiary/aromatic N) is 3. The molecular weight excluding hydrogens is 595 g/mol. The molecule has 6 heteroatoms. The average molecular weight is 622 g/mol. The van der Waals surface area contributed by atoms with Crippen molar-refractivity contribution >= 4 is 62.3 Å². The van der Waals surface area contributed by atoms with Gasteiger partial charge in [0.2, 0.25) is 0 Å². The maximum atomic E-state index is 6.75. The third-order valence-electron chi connectivity index (χ3n) is 9.74. The summed E-state index contributed by atoms with van der Waals surface area (Å²) in [7, 11) is -2.06. The lowest BCUT2D eigenvalue weighted by Crippen LogP contribution is -2.49. The third-order valence-corrected chi connectivity index (χ3v) is 13.3. The van der Waals surface area contributed by atoms with Crippen LogP contribution in [0.2, 0.25) is 13.1 Å². The fourth-order valence-electron chi connectivity index (χ4n) is 7.43. The molecule has 0 spiro atoms. The Hall–Kier alpha value is -5.85. The van der Waals surface area contributed by atoms with Gasteiger partial charge in [0.25, 0.3) is 0 Å². The Bertz CT molecular complexity index is 2720. The van der Waals surface area contributed by atoms with Gasteiger partial charge < -0.3 is 8.83 Å². The lowest BCUT2D eigenvalue weighted by atomic mass is 9.98. The summed E-state index contributed by atoms with van der Waals surface area (Å²) >= 11 is 0. The zero-order valence-electron chi connectivity index (χ0n) is 25.8. The molecule has 0 atom stereocenters. The zero-order valence-corrected chi connectivity index (χ0v) is 26.8. The Kier molecular flexibility index (Phi) is 5.37. The molecule has 10 rings (SSSR count). The highest BCUT2D eigenvalue weighted by atomic mass is 28.3. The van der Waals surface area contributed by atoms with E-state index in [1.54, 1.807) is 0 Å². The van der Waals surface area contributed by atoms with Crippen molar-refractivity contribution < 1.29 is 8.83 Å². The second-order valence-electron chi connectivity index (χ2n) is 12.8. The quantitative estimate of drug-likeness (QED) is 0.184. The Balaban J connectivity index is 1.28. The molecule has 47 heavy (non-hydrogen) atoms. The van der Waals surface area contributed by atoms with Crippen LogP contribution < -0.4 is 10.4 Å². The lowest BCUT2D eigenvalue weighted by Gasteiger charge is -2.19. The summed E-state index contributed by atoms with van der Waals surface area (Å²) in [6, 6.07) is 43.9. The minimum Gasteiger partial charge on any atom is -0.456 e. The largest absolute Gasteiger partial charge is 0.456 e. The first-order valence-electron chi connectivity index (χ1n) is 15.9.